The second kappa shape index (κ2) is 4.88. The topological polar surface area (TPSA) is 125 Å². The molecular formula is C10H12N6OS. The van der Waals surface area contributed by atoms with Gasteiger partial charge in [-0.25, -0.2) is 4.98 Å². The molecule has 7 nitrogen and oxygen atoms in total. The van der Waals surface area contributed by atoms with Crippen LogP contribution in [0.2, 0.25) is 0 Å². The van der Waals surface area contributed by atoms with Gasteiger partial charge in [-0.1, -0.05) is 11.3 Å². The molecule has 0 fully saturated rings. The highest BCUT2D eigenvalue weighted by molar-refractivity contribution is 7.22. The molecule has 1 aromatic carbocycles. The first-order valence-corrected chi connectivity index (χ1v) is 5.78. The summed E-state index contributed by atoms with van der Waals surface area (Å²) in [5.41, 5.74) is 16.7. The minimum Gasteiger partial charge on any atom is -0.497 e. The summed E-state index contributed by atoms with van der Waals surface area (Å²) in [4.78, 5) is 11.9. The van der Waals surface area contributed by atoms with Gasteiger partial charge in [0.25, 0.3) is 0 Å². The van der Waals surface area contributed by atoms with Crippen molar-refractivity contribution in [2.24, 2.45) is 27.2 Å². The Morgan fingerprint density at radius 3 is 2.78 bits per heavy atom. The number of ether oxygens (including phenoxy) is 1. The van der Waals surface area contributed by atoms with Crippen LogP contribution in [0.4, 0.5) is 5.13 Å². The standard InChI is InChI=1S/C10H12N6OS/c1-17-5-2-3-6-7(4-5)18-10(14-6)16-9(13)15-8(11)12/h2-4H,1H3,(H6,11,12,13,14,15,16). The molecule has 0 unspecified atom stereocenters. The maximum absolute atomic E-state index is 5.53. The summed E-state index contributed by atoms with van der Waals surface area (Å²) >= 11 is 1.37. The molecule has 1 aromatic heterocycles. The zero-order valence-corrected chi connectivity index (χ0v) is 10.4. The number of nitrogens with zero attached hydrogens (tertiary/aromatic N) is 3. The summed E-state index contributed by atoms with van der Waals surface area (Å²) in [6.07, 6.45) is 0. The van der Waals surface area contributed by atoms with Crippen molar-refractivity contribution in [1.82, 2.24) is 4.98 Å². The number of rotatable bonds is 2. The second-order valence-corrected chi connectivity index (χ2v) is 4.35. The number of hydrogen-bond donors (Lipinski definition) is 3. The van der Waals surface area contributed by atoms with Gasteiger partial charge in [0.2, 0.25) is 11.1 Å². The van der Waals surface area contributed by atoms with E-state index >= 15 is 0 Å². The van der Waals surface area contributed by atoms with E-state index in [4.69, 9.17) is 21.9 Å². The first-order chi connectivity index (χ1) is 8.58. The number of aliphatic imine (C=N–C) groups is 2. The van der Waals surface area contributed by atoms with E-state index in [0.717, 1.165) is 16.0 Å². The Bertz CT molecular complexity index is 628. The van der Waals surface area contributed by atoms with Crippen molar-refractivity contribution in [3.05, 3.63) is 18.2 Å². The van der Waals surface area contributed by atoms with Crippen molar-refractivity contribution in [2.45, 2.75) is 0 Å². The van der Waals surface area contributed by atoms with Crippen LogP contribution in [0.1, 0.15) is 0 Å². The van der Waals surface area contributed by atoms with E-state index in [2.05, 4.69) is 15.0 Å². The summed E-state index contributed by atoms with van der Waals surface area (Å²) in [7, 11) is 1.61. The van der Waals surface area contributed by atoms with Gasteiger partial charge in [-0.3, -0.25) is 0 Å². The third kappa shape index (κ3) is 2.66. The lowest BCUT2D eigenvalue weighted by Gasteiger charge is -1.96. The molecule has 0 bridgehead atoms. The maximum atomic E-state index is 5.53. The molecular weight excluding hydrogens is 252 g/mol. The molecule has 2 aromatic rings. The molecule has 0 aliphatic carbocycles. The number of hydrogen-bond acceptors (Lipinski definition) is 4. The molecule has 1 heterocycles. The molecule has 18 heavy (non-hydrogen) atoms. The van der Waals surface area contributed by atoms with Crippen LogP contribution in [0.25, 0.3) is 10.2 Å². The normalized spacial score (nSPS) is 11.5. The lowest BCUT2D eigenvalue weighted by Crippen LogP contribution is -2.26. The molecule has 0 aliphatic rings. The van der Waals surface area contributed by atoms with Gasteiger partial charge >= 0.3 is 0 Å². The number of nitrogens with two attached hydrogens (primary N) is 3. The molecule has 0 radical (unpaired) electrons. The molecule has 0 saturated heterocycles. The van der Waals surface area contributed by atoms with Gasteiger partial charge in [-0.05, 0) is 18.2 Å². The monoisotopic (exact) mass is 264 g/mol. The highest BCUT2D eigenvalue weighted by atomic mass is 32.1. The molecule has 8 heteroatoms. The Kier molecular flexibility index (Phi) is 3.28. The second-order valence-electron chi connectivity index (χ2n) is 3.34. The minimum absolute atomic E-state index is 0.0268. The van der Waals surface area contributed by atoms with Crippen LogP contribution in [0.3, 0.4) is 0 Å². The van der Waals surface area contributed by atoms with Gasteiger partial charge in [0.05, 0.1) is 17.3 Å². The summed E-state index contributed by atoms with van der Waals surface area (Å²) in [6, 6.07) is 5.55. The number of methoxy groups -OCH3 is 1. The van der Waals surface area contributed by atoms with Gasteiger partial charge < -0.3 is 21.9 Å². The Hall–Kier alpha value is -2.35. The van der Waals surface area contributed by atoms with Gasteiger partial charge in [-0.2, -0.15) is 9.98 Å². The summed E-state index contributed by atoms with van der Waals surface area (Å²) in [6.45, 7) is 0. The maximum Gasteiger partial charge on any atom is 0.225 e. The first kappa shape index (κ1) is 12.1. The number of fused-ring (bicyclic) bond motifs is 1. The fourth-order valence-corrected chi connectivity index (χ4v) is 2.20. The van der Waals surface area contributed by atoms with Crippen LogP contribution in [-0.4, -0.2) is 24.0 Å². The predicted molar refractivity (Wildman–Crippen MR) is 73.3 cm³/mol. The fourth-order valence-electron chi connectivity index (χ4n) is 1.32. The first-order valence-electron chi connectivity index (χ1n) is 4.97. The van der Waals surface area contributed by atoms with Gasteiger partial charge in [0.1, 0.15) is 5.75 Å². The minimum atomic E-state index is -0.140. The van der Waals surface area contributed by atoms with Crippen molar-refractivity contribution in [1.29, 1.82) is 0 Å². The Morgan fingerprint density at radius 1 is 1.33 bits per heavy atom. The van der Waals surface area contributed by atoms with Crippen LogP contribution in [-0.2, 0) is 0 Å². The largest absolute Gasteiger partial charge is 0.497 e. The van der Waals surface area contributed by atoms with Crippen LogP contribution in [0.5, 0.6) is 5.75 Å². The lowest BCUT2D eigenvalue weighted by molar-refractivity contribution is 0.415. The summed E-state index contributed by atoms with van der Waals surface area (Å²) < 4.78 is 6.08. The van der Waals surface area contributed by atoms with Crippen LogP contribution in [0.15, 0.2) is 28.2 Å². The average molecular weight is 264 g/mol. The van der Waals surface area contributed by atoms with E-state index in [1.54, 1.807) is 7.11 Å². The number of aromatic nitrogens is 1. The molecule has 94 valence electrons. The molecule has 0 atom stereocenters. The van der Waals surface area contributed by atoms with Crippen molar-refractivity contribution in [3.8, 4) is 5.75 Å². The number of guanidine groups is 2. The molecule has 0 amide bonds. The zero-order chi connectivity index (χ0) is 13.1. The van der Waals surface area contributed by atoms with Crippen molar-refractivity contribution in [2.75, 3.05) is 7.11 Å². The smallest absolute Gasteiger partial charge is 0.225 e. The SMILES string of the molecule is COc1ccc2nc(N=C(N)N=C(N)N)sc2c1. The number of benzene rings is 1. The summed E-state index contributed by atoms with van der Waals surface area (Å²) in [5.74, 6) is 0.596. The average Bonchev–Trinajstić information content (AvgIpc) is 2.68. The van der Waals surface area contributed by atoms with Gasteiger partial charge in [0, 0.05) is 0 Å². The van der Waals surface area contributed by atoms with Crippen molar-refractivity contribution < 1.29 is 4.74 Å². The highest BCUT2D eigenvalue weighted by Crippen LogP contribution is 2.30. The molecule has 0 saturated carbocycles. The Balaban J connectivity index is 2.38. The quantitative estimate of drug-likeness (QED) is 0.538. The lowest BCUT2D eigenvalue weighted by atomic mass is 10.3. The number of thiazole rings is 1. The van der Waals surface area contributed by atoms with Crippen molar-refractivity contribution in [3.63, 3.8) is 0 Å². The van der Waals surface area contributed by atoms with E-state index in [0.29, 0.717) is 5.13 Å². The zero-order valence-electron chi connectivity index (χ0n) is 9.62. The van der Waals surface area contributed by atoms with Gasteiger partial charge in [-0.15, -0.1) is 0 Å². The summed E-state index contributed by atoms with van der Waals surface area (Å²) in [5, 5.41) is 0.487. The molecule has 0 spiro atoms. The van der Waals surface area contributed by atoms with Crippen molar-refractivity contribution >= 4 is 38.6 Å². The Labute approximate surface area is 107 Å². The van der Waals surface area contributed by atoms with E-state index < -0.39 is 0 Å². The Morgan fingerprint density at radius 2 is 2.11 bits per heavy atom. The fraction of sp³-hybridized carbons (Fsp3) is 0.100. The van der Waals surface area contributed by atoms with Gasteiger partial charge in [0.15, 0.2) is 5.96 Å². The third-order valence-corrected chi connectivity index (χ3v) is 2.95. The van der Waals surface area contributed by atoms with E-state index in [1.165, 1.54) is 11.3 Å². The molecule has 2 rings (SSSR count). The predicted octanol–water partition coefficient (Wildman–Crippen LogP) is 0.525. The molecule has 6 N–H and O–H groups in total. The van der Waals surface area contributed by atoms with E-state index in [9.17, 15) is 0 Å². The third-order valence-electron chi connectivity index (χ3n) is 2.04. The molecule has 0 aliphatic heterocycles. The van der Waals surface area contributed by atoms with E-state index in [1.807, 2.05) is 18.2 Å². The van der Waals surface area contributed by atoms with Crippen LogP contribution < -0.4 is 21.9 Å². The highest BCUT2D eigenvalue weighted by Gasteiger charge is 2.04. The van der Waals surface area contributed by atoms with Crippen LogP contribution in [0, 0.1) is 0 Å². The van der Waals surface area contributed by atoms with E-state index in [-0.39, 0.29) is 11.9 Å². The van der Waals surface area contributed by atoms with Crippen LogP contribution >= 0.6 is 11.3 Å².